The van der Waals surface area contributed by atoms with Gasteiger partial charge in [0.05, 0.1) is 0 Å². The lowest BCUT2D eigenvalue weighted by Gasteiger charge is -2.14. The van der Waals surface area contributed by atoms with Crippen LogP contribution in [0.1, 0.15) is 38.2 Å². The van der Waals surface area contributed by atoms with Gasteiger partial charge < -0.3 is 15.7 Å². The van der Waals surface area contributed by atoms with Gasteiger partial charge in [-0.2, -0.15) is 0 Å². The van der Waals surface area contributed by atoms with Crippen molar-refractivity contribution in [2.24, 2.45) is 0 Å². The molecule has 5 nitrogen and oxygen atoms in total. The molecular formula is C16H24N2O3. The van der Waals surface area contributed by atoms with Crippen LogP contribution in [0.4, 0.5) is 5.69 Å². The molecule has 21 heavy (non-hydrogen) atoms. The highest BCUT2D eigenvalue weighted by Crippen LogP contribution is 2.12. The minimum atomic E-state index is -0.969. The molecule has 1 aromatic carbocycles. The van der Waals surface area contributed by atoms with E-state index in [4.69, 9.17) is 5.11 Å². The third-order valence-electron chi connectivity index (χ3n) is 3.29. The van der Waals surface area contributed by atoms with E-state index in [2.05, 4.69) is 10.6 Å². The van der Waals surface area contributed by atoms with Crippen molar-refractivity contribution in [1.29, 1.82) is 0 Å². The Morgan fingerprint density at radius 3 is 2.62 bits per heavy atom. The number of rotatable bonds is 9. The third kappa shape index (κ3) is 6.29. The Bertz CT molecular complexity index is 474. The van der Waals surface area contributed by atoms with Crippen LogP contribution < -0.4 is 10.6 Å². The molecule has 0 aromatic heterocycles. The van der Waals surface area contributed by atoms with Gasteiger partial charge in [-0.25, -0.2) is 4.79 Å². The minimum Gasteiger partial charge on any atom is -0.480 e. The highest BCUT2D eigenvalue weighted by atomic mass is 16.4. The van der Waals surface area contributed by atoms with E-state index in [0.29, 0.717) is 13.0 Å². The number of carbonyl (C=O) groups is 2. The number of para-hydroxylation sites is 1. The first kappa shape index (κ1) is 17.0. The molecule has 0 heterocycles. The Kier molecular flexibility index (Phi) is 7.29. The Balaban J connectivity index is 2.36. The van der Waals surface area contributed by atoms with Gasteiger partial charge in [-0.05, 0) is 25.0 Å². The maximum atomic E-state index is 11.8. The van der Waals surface area contributed by atoms with E-state index in [0.717, 1.165) is 24.1 Å². The summed E-state index contributed by atoms with van der Waals surface area (Å²) in [6, 6.07) is 7.05. The summed E-state index contributed by atoms with van der Waals surface area (Å²) in [6.07, 6.45) is 2.43. The summed E-state index contributed by atoms with van der Waals surface area (Å²) in [5.74, 6) is -1.21. The molecule has 1 atom stereocenters. The fourth-order valence-corrected chi connectivity index (χ4v) is 2.01. The molecule has 0 bridgehead atoms. The number of amides is 1. The number of carbonyl (C=O) groups excluding carboxylic acids is 1. The smallest absolute Gasteiger partial charge is 0.326 e. The highest BCUT2D eigenvalue weighted by molar-refractivity contribution is 5.83. The van der Waals surface area contributed by atoms with E-state index < -0.39 is 12.0 Å². The Morgan fingerprint density at radius 2 is 2.00 bits per heavy atom. The zero-order valence-electron chi connectivity index (χ0n) is 12.7. The molecule has 5 heteroatoms. The van der Waals surface area contributed by atoms with Crippen LogP contribution in [0.2, 0.25) is 0 Å². The van der Waals surface area contributed by atoms with Gasteiger partial charge in [-0.15, -0.1) is 0 Å². The van der Waals surface area contributed by atoms with Gasteiger partial charge in [0.2, 0.25) is 5.91 Å². The van der Waals surface area contributed by atoms with Crippen LogP contribution in [-0.4, -0.2) is 29.6 Å². The number of aliphatic carboxylic acids is 1. The van der Waals surface area contributed by atoms with Crippen LogP contribution in [0.3, 0.4) is 0 Å². The molecule has 0 aliphatic carbocycles. The maximum Gasteiger partial charge on any atom is 0.326 e. The molecular weight excluding hydrogens is 268 g/mol. The number of anilines is 1. The van der Waals surface area contributed by atoms with Gasteiger partial charge in [0.25, 0.3) is 0 Å². The number of nitrogens with one attached hydrogen (secondary N) is 2. The van der Waals surface area contributed by atoms with Gasteiger partial charge in [-0.1, -0.05) is 38.0 Å². The van der Waals surface area contributed by atoms with Crippen molar-refractivity contribution in [3.05, 3.63) is 29.8 Å². The summed E-state index contributed by atoms with van der Waals surface area (Å²) < 4.78 is 0. The van der Waals surface area contributed by atoms with E-state index in [9.17, 15) is 9.59 Å². The monoisotopic (exact) mass is 292 g/mol. The van der Waals surface area contributed by atoms with Crippen molar-refractivity contribution in [2.45, 2.75) is 45.6 Å². The molecule has 0 aliphatic heterocycles. The average molecular weight is 292 g/mol. The molecule has 3 N–H and O–H groups in total. The molecule has 0 radical (unpaired) electrons. The first-order chi connectivity index (χ1) is 10.0. The number of unbranched alkanes of at least 4 members (excludes halogenated alkanes) is 1. The fourth-order valence-electron chi connectivity index (χ4n) is 2.01. The van der Waals surface area contributed by atoms with E-state index in [1.165, 1.54) is 0 Å². The van der Waals surface area contributed by atoms with E-state index in [-0.39, 0.29) is 12.3 Å². The van der Waals surface area contributed by atoms with Crippen LogP contribution >= 0.6 is 0 Å². The van der Waals surface area contributed by atoms with Crippen molar-refractivity contribution in [2.75, 3.05) is 11.9 Å². The highest BCUT2D eigenvalue weighted by Gasteiger charge is 2.18. The number of hydrogen-bond acceptors (Lipinski definition) is 3. The SMILES string of the molecule is CCCCC(NC(=O)CCNc1ccccc1C)C(=O)O. The van der Waals surface area contributed by atoms with E-state index >= 15 is 0 Å². The minimum absolute atomic E-state index is 0.236. The van der Waals surface area contributed by atoms with Crippen LogP contribution in [0, 0.1) is 6.92 Å². The first-order valence-electron chi connectivity index (χ1n) is 7.36. The van der Waals surface area contributed by atoms with Crippen LogP contribution in [0.5, 0.6) is 0 Å². The molecule has 0 aliphatic rings. The topological polar surface area (TPSA) is 78.4 Å². The summed E-state index contributed by atoms with van der Waals surface area (Å²) in [6.45, 7) is 4.47. The van der Waals surface area contributed by atoms with Crippen LogP contribution in [-0.2, 0) is 9.59 Å². The Labute approximate surface area is 125 Å². The standard InChI is InChI=1S/C16H24N2O3/c1-3-4-8-14(16(20)21)18-15(19)10-11-17-13-9-6-5-7-12(13)2/h5-7,9,14,17H,3-4,8,10-11H2,1-2H3,(H,18,19)(H,20,21). The molecule has 0 saturated heterocycles. The van der Waals surface area contributed by atoms with Crippen molar-refractivity contribution in [3.8, 4) is 0 Å². The molecule has 1 amide bonds. The van der Waals surface area contributed by atoms with Crippen molar-refractivity contribution >= 4 is 17.6 Å². The molecule has 116 valence electrons. The number of carboxylic acids is 1. The number of carboxylic acid groups (broad SMARTS) is 1. The molecule has 1 aromatic rings. The van der Waals surface area contributed by atoms with Crippen LogP contribution in [0.15, 0.2) is 24.3 Å². The number of aryl methyl sites for hydroxylation is 1. The average Bonchev–Trinajstić information content (AvgIpc) is 2.45. The molecule has 0 spiro atoms. The van der Waals surface area contributed by atoms with Gasteiger partial charge in [0, 0.05) is 18.7 Å². The molecule has 1 rings (SSSR count). The second-order valence-corrected chi connectivity index (χ2v) is 5.09. The van der Waals surface area contributed by atoms with E-state index in [1.54, 1.807) is 0 Å². The van der Waals surface area contributed by atoms with Crippen molar-refractivity contribution < 1.29 is 14.7 Å². The van der Waals surface area contributed by atoms with Crippen molar-refractivity contribution in [3.63, 3.8) is 0 Å². The normalized spacial score (nSPS) is 11.7. The quantitative estimate of drug-likeness (QED) is 0.653. The van der Waals surface area contributed by atoms with Crippen molar-refractivity contribution in [1.82, 2.24) is 5.32 Å². The Morgan fingerprint density at radius 1 is 1.29 bits per heavy atom. The second kappa shape index (κ2) is 9.00. The molecule has 1 unspecified atom stereocenters. The van der Waals surface area contributed by atoms with E-state index in [1.807, 2.05) is 38.1 Å². The Hall–Kier alpha value is -2.04. The van der Waals surface area contributed by atoms with Gasteiger partial charge >= 0.3 is 5.97 Å². The third-order valence-corrected chi connectivity index (χ3v) is 3.29. The van der Waals surface area contributed by atoms with Gasteiger partial charge in [-0.3, -0.25) is 4.79 Å². The summed E-state index contributed by atoms with van der Waals surface area (Å²) in [5, 5.41) is 14.8. The lowest BCUT2D eigenvalue weighted by Crippen LogP contribution is -2.41. The summed E-state index contributed by atoms with van der Waals surface area (Å²) in [7, 11) is 0. The fraction of sp³-hybridized carbons (Fsp3) is 0.500. The predicted octanol–water partition coefficient (Wildman–Crippen LogP) is 2.56. The van der Waals surface area contributed by atoms with Crippen LogP contribution in [0.25, 0.3) is 0 Å². The number of hydrogen-bond donors (Lipinski definition) is 3. The zero-order valence-corrected chi connectivity index (χ0v) is 12.7. The summed E-state index contributed by atoms with van der Waals surface area (Å²) in [5.41, 5.74) is 2.11. The zero-order chi connectivity index (χ0) is 15.7. The lowest BCUT2D eigenvalue weighted by atomic mass is 10.1. The first-order valence-corrected chi connectivity index (χ1v) is 7.36. The summed E-state index contributed by atoms with van der Waals surface area (Å²) >= 11 is 0. The van der Waals surface area contributed by atoms with Gasteiger partial charge in [0.15, 0.2) is 0 Å². The number of benzene rings is 1. The van der Waals surface area contributed by atoms with Gasteiger partial charge in [0.1, 0.15) is 6.04 Å². The summed E-state index contributed by atoms with van der Waals surface area (Å²) in [4.78, 5) is 22.8. The molecule has 0 fully saturated rings. The maximum absolute atomic E-state index is 11.8. The predicted molar refractivity (Wildman–Crippen MR) is 83.4 cm³/mol. The lowest BCUT2D eigenvalue weighted by molar-refractivity contribution is -0.142. The largest absolute Gasteiger partial charge is 0.480 e. The second-order valence-electron chi connectivity index (χ2n) is 5.09. The molecule has 0 saturated carbocycles.